The number of halogens is 1. The van der Waals surface area contributed by atoms with Gasteiger partial charge in [-0.3, -0.25) is 9.69 Å². The van der Waals surface area contributed by atoms with E-state index in [1.54, 1.807) is 22.4 Å². The summed E-state index contributed by atoms with van der Waals surface area (Å²) in [6.45, 7) is 3.59. The molecular weight excluding hydrogens is 456 g/mol. The Hall–Kier alpha value is -2.71. The number of ether oxygens (including phenoxy) is 1. The van der Waals surface area contributed by atoms with Gasteiger partial charge in [0.15, 0.2) is 9.80 Å². The van der Waals surface area contributed by atoms with Crippen LogP contribution < -0.4 is 4.90 Å². The van der Waals surface area contributed by atoms with Gasteiger partial charge in [-0.25, -0.2) is 9.78 Å². The van der Waals surface area contributed by atoms with Crippen LogP contribution in [0.4, 0.5) is 10.8 Å². The predicted molar refractivity (Wildman–Crippen MR) is 116 cm³/mol. The van der Waals surface area contributed by atoms with Crippen LogP contribution >= 0.6 is 27.3 Å². The normalized spacial score (nSPS) is 11.0. The fourth-order valence-corrected chi connectivity index (χ4v) is 3.72. The summed E-state index contributed by atoms with van der Waals surface area (Å²) < 4.78 is 11.1. The Morgan fingerprint density at radius 2 is 2.00 bits per heavy atom. The van der Waals surface area contributed by atoms with Gasteiger partial charge in [0.25, 0.3) is 0 Å². The van der Waals surface area contributed by atoms with Crippen LogP contribution in [0.2, 0.25) is 0 Å². The van der Waals surface area contributed by atoms with Crippen molar-refractivity contribution in [1.82, 2.24) is 4.98 Å². The number of hydrogen-bond donors (Lipinski definition) is 0. The third-order valence-electron chi connectivity index (χ3n) is 3.99. The minimum absolute atomic E-state index is 0.0159. The fourth-order valence-electron chi connectivity index (χ4n) is 2.53. The maximum Gasteiger partial charge on any atom is 0.331 e. The number of rotatable bonds is 7. The zero-order valence-electron chi connectivity index (χ0n) is 15.9. The molecule has 0 saturated heterocycles. The highest BCUT2D eigenvalue weighted by molar-refractivity contribution is 9.10. The summed E-state index contributed by atoms with van der Waals surface area (Å²) in [6.07, 6.45) is 3.74. The van der Waals surface area contributed by atoms with Gasteiger partial charge in [0.2, 0.25) is 5.91 Å². The van der Waals surface area contributed by atoms with Crippen molar-refractivity contribution < 1.29 is 18.7 Å². The molecule has 0 saturated carbocycles. The quantitative estimate of drug-likeness (QED) is 0.333. The zero-order chi connectivity index (χ0) is 20.8. The molecule has 0 unspecified atom stereocenters. The van der Waals surface area contributed by atoms with E-state index in [9.17, 15) is 9.59 Å². The average molecular weight is 475 g/mol. The van der Waals surface area contributed by atoms with Gasteiger partial charge in [-0.05, 0) is 58.3 Å². The van der Waals surface area contributed by atoms with Crippen molar-refractivity contribution in [3.63, 3.8) is 0 Å². The van der Waals surface area contributed by atoms with Crippen LogP contribution in [0.25, 0.3) is 6.08 Å². The van der Waals surface area contributed by atoms with Crippen LogP contribution in [-0.2, 0) is 27.4 Å². The SMILES string of the molecule is CCc1ccc(N(C(C)=O)c2nc(COC(=O)/C=C/c3ccc(Br)o3)cs2)cc1. The number of carbonyl (C=O) groups excluding carboxylic acids is 2. The molecule has 0 radical (unpaired) electrons. The summed E-state index contributed by atoms with van der Waals surface area (Å²) in [5.74, 6) is -0.110. The molecule has 0 aliphatic heterocycles. The number of carbonyl (C=O) groups is 2. The first-order valence-corrected chi connectivity index (χ1v) is 10.6. The molecule has 0 spiro atoms. The second-order valence-corrected chi connectivity index (χ2v) is 7.70. The number of benzene rings is 1. The standard InChI is InChI=1S/C21H19BrN2O4S/c1-3-15-4-6-17(7-5-15)24(14(2)25)21-23-16(13-29-21)12-27-20(26)11-9-18-8-10-19(22)28-18/h4-11,13H,3,12H2,1-2H3/b11-9+. The zero-order valence-corrected chi connectivity index (χ0v) is 18.3. The predicted octanol–water partition coefficient (Wildman–Crippen LogP) is 5.50. The lowest BCUT2D eigenvalue weighted by molar-refractivity contribution is -0.139. The number of amides is 1. The van der Waals surface area contributed by atoms with Gasteiger partial charge in [0.05, 0.1) is 11.4 Å². The summed E-state index contributed by atoms with van der Waals surface area (Å²) in [7, 11) is 0. The van der Waals surface area contributed by atoms with E-state index in [1.165, 1.54) is 36.0 Å². The van der Waals surface area contributed by atoms with Gasteiger partial charge in [0.1, 0.15) is 12.4 Å². The van der Waals surface area contributed by atoms with Crippen molar-refractivity contribution in [2.75, 3.05) is 4.90 Å². The third-order valence-corrected chi connectivity index (χ3v) is 5.29. The first-order chi connectivity index (χ1) is 14.0. The van der Waals surface area contributed by atoms with Gasteiger partial charge < -0.3 is 9.15 Å². The van der Waals surface area contributed by atoms with Gasteiger partial charge in [-0.1, -0.05) is 19.1 Å². The number of thiazole rings is 1. The molecule has 1 aromatic carbocycles. The number of aromatic nitrogens is 1. The lowest BCUT2D eigenvalue weighted by Crippen LogP contribution is -2.22. The highest BCUT2D eigenvalue weighted by atomic mass is 79.9. The number of hydrogen-bond acceptors (Lipinski definition) is 6. The first-order valence-electron chi connectivity index (χ1n) is 8.90. The van der Waals surface area contributed by atoms with Gasteiger partial charge in [0, 0.05) is 18.4 Å². The molecule has 0 aliphatic rings. The lowest BCUT2D eigenvalue weighted by Gasteiger charge is -2.18. The second kappa shape index (κ2) is 9.67. The number of nitrogens with zero attached hydrogens (tertiary/aromatic N) is 2. The molecule has 0 atom stereocenters. The van der Waals surface area contributed by atoms with E-state index in [-0.39, 0.29) is 12.5 Å². The molecule has 2 heterocycles. The molecule has 0 N–H and O–H groups in total. The van der Waals surface area contributed by atoms with E-state index in [0.717, 1.165) is 12.1 Å². The summed E-state index contributed by atoms with van der Waals surface area (Å²) in [5.41, 5.74) is 2.52. The van der Waals surface area contributed by atoms with Crippen molar-refractivity contribution in [1.29, 1.82) is 0 Å². The Kier molecular flexibility index (Phi) is 7.00. The molecule has 2 aromatic heterocycles. The van der Waals surface area contributed by atoms with E-state index < -0.39 is 5.97 Å². The average Bonchev–Trinajstić information content (AvgIpc) is 3.34. The summed E-state index contributed by atoms with van der Waals surface area (Å²) in [5, 5.41) is 2.30. The van der Waals surface area contributed by atoms with E-state index in [0.29, 0.717) is 21.3 Å². The molecular formula is C21H19BrN2O4S. The molecule has 8 heteroatoms. The van der Waals surface area contributed by atoms with Crippen molar-refractivity contribution in [2.24, 2.45) is 0 Å². The Labute approximate surface area is 180 Å². The summed E-state index contributed by atoms with van der Waals surface area (Å²) in [4.78, 5) is 30.0. The largest absolute Gasteiger partial charge is 0.456 e. The van der Waals surface area contributed by atoms with Crippen LogP contribution in [0.3, 0.4) is 0 Å². The summed E-state index contributed by atoms with van der Waals surface area (Å²) >= 11 is 4.52. The molecule has 6 nitrogen and oxygen atoms in total. The van der Waals surface area contributed by atoms with Crippen molar-refractivity contribution in [3.05, 3.63) is 69.5 Å². The van der Waals surface area contributed by atoms with E-state index in [4.69, 9.17) is 9.15 Å². The molecule has 1 amide bonds. The van der Waals surface area contributed by atoms with Crippen molar-refractivity contribution in [3.8, 4) is 0 Å². The first kappa shape index (κ1) is 21.0. The molecule has 3 rings (SSSR count). The molecule has 0 fully saturated rings. The number of aryl methyl sites for hydroxylation is 1. The highest BCUT2D eigenvalue weighted by Crippen LogP contribution is 2.29. The number of furan rings is 1. The Morgan fingerprint density at radius 3 is 2.62 bits per heavy atom. The van der Waals surface area contributed by atoms with Gasteiger partial charge in [-0.15, -0.1) is 11.3 Å². The highest BCUT2D eigenvalue weighted by Gasteiger charge is 2.18. The molecule has 150 valence electrons. The fraction of sp³-hybridized carbons (Fsp3) is 0.190. The maximum atomic E-state index is 12.2. The molecule has 29 heavy (non-hydrogen) atoms. The molecule has 0 bridgehead atoms. The second-order valence-electron chi connectivity index (χ2n) is 6.08. The van der Waals surface area contributed by atoms with Gasteiger partial charge in [-0.2, -0.15) is 0 Å². The maximum absolute atomic E-state index is 12.2. The van der Waals surface area contributed by atoms with E-state index in [2.05, 4.69) is 27.8 Å². The van der Waals surface area contributed by atoms with Crippen molar-refractivity contribution >= 4 is 56.0 Å². The minimum Gasteiger partial charge on any atom is -0.456 e. The number of anilines is 2. The van der Waals surface area contributed by atoms with Crippen LogP contribution in [0.5, 0.6) is 0 Å². The van der Waals surface area contributed by atoms with Crippen LogP contribution in [0, 0.1) is 0 Å². The van der Waals surface area contributed by atoms with Crippen LogP contribution in [0.1, 0.15) is 30.9 Å². The van der Waals surface area contributed by atoms with Crippen LogP contribution in [-0.4, -0.2) is 16.9 Å². The topological polar surface area (TPSA) is 72.6 Å². The smallest absolute Gasteiger partial charge is 0.331 e. The Balaban J connectivity index is 1.64. The minimum atomic E-state index is -0.509. The molecule has 0 aliphatic carbocycles. The Bertz CT molecular complexity index is 1020. The monoisotopic (exact) mass is 474 g/mol. The van der Waals surface area contributed by atoms with Crippen molar-refractivity contribution in [2.45, 2.75) is 26.9 Å². The third kappa shape index (κ3) is 5.65. The van der Waals surface area contributed by atoms with Gasteiger partial charge >= 0.3 is 5.97 Å². The number of esters is 1. The molecule has 3 aromatic rings. The summed E-state index contributed by atoms with van der Waals surface area (Å²) in [6, 6.07) is 11.2. The van der Waals surface area contributed by atoms with E-state index in [1.807, 2.05) is 24.3 Å². The van der Waals surface area contributed by atoms with Crippen LogP contribution in [0.15, 0.2) is 56.9 Å². The lowest BCUT2D eigenvalue weighted by atomic mass is 10.1. The Morgan fingerprint density at radius 1 is 1.24 bits per heavy atom. The van der Waals surface area contributed by atoms with E-state index >= 15 is 0 Å².